The van der Waals surface area contributed by atoms with Gasteiger partial charge in [0.2, 0.25) is 0 Å². The fourth-order valence-corrected chi connectivity index (χ4v) is 4.17. The number of phenols is 3. The van der Waals surface area contributed by atoms with E-state index in [0.29, 0.717) is 5.56 Å². The summed E-state index contributed by atoms with van der Waals surface area (Å²) >= 11 is 0. The molecular weight excluding hydrogens is 396 g/mol. The maximum atomic E-state index is 10.8. The van der Waals surface area contributed by atoms with Crippen molar-refractivity contribution in [3.8, 4) is 17.2 Å². The Bertz CT molecular complexity index is 1110. The zero-order chi connectivity index (χ0) is 21.7. The lowest BCUT2D eigenvalue weighted by Gasteiger charge is -2.41. The molecule has 0 saturated carbocycles. The molecule has 30 heavy (non-hydrogen) atoms. The molecule has 0 amide bonds. The molecule has 9 nitrogen and oxygen atoms in total. The minimum Gasteiger partial charge on any atom is -0.507 e. The van der Waals surface area contributed by atoms with Crippen molar-refractivity contribution < 1.29 is 45.6 Å². The quantitative estimate of drug-likeness (QED) is 0.275. The number of aliphatic hydroxyl groups excluding tert-OH is 5. The van der Waals surface area contributed by atoms with Gasteiger partial charge < -0.3 is 45.6 Å². The second-order valence-corrected chi connectivity index (χ2v) is 7.41. The largest absolute Gasteiger partial charge is 0.507 e. The molecule has 0 aromatic heterocycles. The van der Waals surface area contributed by atoms with Gasteiger partial charge >= 0.3 is 0 Å². The van der Waals surface area contributed by atoms with Crippen LogP contribution < -0.4 is 0 Å². The van der Waals surface area contributed by atoms with Crippen molar-refractivity contribution in [2.75, 3.05) is 6.61 Å². The number of aliphatic hydroxyl groups is 5. The van der Waals surface area contributed by atoms with Crippen LogP contribution in [0.3, 0.4) is 0 Å². The zero-order valence-electron chi connectivity index (χ0n) is 15.7. The third kappa shape index (κ3) is 2.95. The van der Waals surface area contributed by atoms with Crippen LogP contribution in [-0.4, -0.2) is 71.9 Å². The first-order valence-corrected chi connectivity index (χ1v) is 9.33. The minimum absolute atomic E-state index is 0.0102. The second kappa shape index (κ2) is 7.55. The Morgan fingerprint density at radius 1 is 0.800 bits per heavy atom. The lowest BCUT2D eigenvalue weighted by Crippen LogP contribution is -2.55. The predicted octanol–water partition coefficient (Wildman–Crippen LogP) is 0.117. The molecule has 3 aromatic rings. The van der Waals surface area contributed by atoms with E-state index in [4.69, 9.17) is 4.74 Å². The Morgan fingerprint density at radius 3 is 2.17 bits per heavy atom. The van der Waals surface area contributed by atoms with Crippen LogP contribution in [0, 0.1) is 0 Å². The van der Waals surface area contributed by atoms with E-state index in [9.17, 15) is 40.9 Å². The smallest absolute Gasteiger partial charge is 0.138 e. The van der Waals surface area contributed by atoms with Crippen LogP contribution in [0.5, 0.6) is 17.2 Å². The zero-order valence-corrected chi connectivity index (χ0v) is 15.7. The SMILES string of the molecule is OCc1cc(O)c2c(O)c3c(O)cccc3c(C3OC(CO)C(O)C(O)C3O)c2c1. The van der Waals surface area contributed by atoms with Gasteiger partial charge in [-0.15, -0.1) is 0 Å². The maximum absolute atomic E-state index is 10.8. The summed E-state index contributed by atoms with van der Waals surface area (Å²) in [6.45, 7) is -1.05. The molecule has 1 saturated heterocycles. The molecule has 5 unspecified atom stereocenters. The van der Waals surface area contributed by atoms with Gasteiger partial charge in [0.25, 0.3) is 0 Å². The highest BCUT2D eigenvalue weighted by atomic mass is 16.5. The number of aromatic hydroxyl groups is 3. The molecular formula is C21H22O9. The third-order valence-electron chi connectivity index (χ3n) is 5.63. The molecule has 0 spiro atoms. The number of phenolic OH excluding ortho intramolecular Hbond substituents is 3. The van der Waals surface area contributed by atoms with Crippen molar-refractivity contribution in [2.45, 2.75) is 37.1 Å². The molecule has 1 aliphatic heterocycles. The molecule has 0 aliphatic carbocycles. The first kappa shape index (κ1) is 20.6. The molecule has 5 atom stereocenters. The van der Waals surface area contributed by atoms with Crippen molar-refractivity contribution in [1.29, 1.82) is 0 Å². The van der Waals surface area contributed by atoms with E-state index in [1.807, 2.05) is 0 Å². The highest BCUT2D eigenvalue weighted by molar-refractivity contribution is 6.12. The average Bonchev–Trinajstić information content (AvgIpc) is 2.73. The Morgan fingerprint density at radius 2 is 1.50 bits per heavy atom. The highest BCUT2D eigenvalue weighted by Crippen LogP contribution is 2.49. The van der Waals surface area contributed by atoms with Crippen LogP contribution in [-0.2, 0) is 11.3 Å². The summed E-state index contributed by atoms with van der Waals surface area (Å²) in [4.78, 5) is 0. The van der Waals surface area contributed by atoms with Crippen LogP contribution in [0.1, 0.15) is 17.2 Å². The van der Waals surface area contributed by atoms with Gasteiger partial charge in [0.1, 0.15) is 47.8 Å². The van der Waals surface area contributed by atoms with Crippen LogP contribution in [0.15, 0.2) is 30.3 Å². The van der Waals surface area contributed by atoms with Crippen molar-refractivity contribution in [3.63, 3.8) is 0 Å². The number of fused-ring (bicyclic) bond motifs is 2. The van der Waals surface area contributed by atoms with E-state index in [-0.39, 0.29) is 38.6 Å². The molecule has 3 aromatic carbocycles. The van der Waals surface area contributed by atoms with E-state index in [2.05, 4.69) is 0 Å². The number of benzene rings is 3. The van der Waals surface area contributed by atoms with Crippen LogP contribution in [0.2, 0.25) is 0 Å². The van der Waals surface area contributed by atoms with Gasteiger partial charge in [-0.2, -0.15) is 0 Å². The lowest BCUT2D eigenvalue weighted by atomic mass is 9.85. The van der Waals surface area contributed by atoms with Gasteiger partial charge in [-0.05, 0) is 40.1 Å². The maximum Gasteiger partial charge on any atom is 0.138 e. The molecule has 4 rings (SSSR count). The summed E-state index contributed by atoms with van der Waals surface area (Å²) in [5.74, 6) is -1.07. The molecule has 0 bridgehead atoms. The second-order valence-electron chi connectivity index (χ2n) is 7.41. The normalized spacial score (nSPS) is 27.0. The standard InChI is InChI=1S/C21H22O9/c22-6-8-4-10-14(21-20(29)19(28)17(26)13(7-23)30-21)9-2-1-3-11(24)15(9)18(27)16(10)12(25)5-8/h1-5,13,17,19-29H,6-7H2. The van der Waals surface area contributed by atoms with E-state index in [1.165, 1.54) is 24.3 Å². The van der Waals surface area contributed by atoms with Crippen LogP contribution in [0.25, 0.3) is 21.5 Å². The Hall–Kier alpha value is -2.66. The molecule has 9 heteroatoms. The van der Waals surface area contributed by atoms with Crippen molar-refractivity contribution >= 4 is 21.5 Å². The first-order chi connectivity index (χ1) is 14.3. The average molecular weight is 418 g/mol. The summed E-state index contributed by atoms with van der Waals surface area (Å²) < 4.78 is 5.71. The van der Waals surface area contributed by atoms with Crippen molar-refractivity contribution in [3.05, 3.63) is 41.5 Å². The molecule has 160 valence electrons. The third-order valence-corrected chi connectivity index (χ3v) is 5.63. The summed E-state index contributed by atoms with van der Waals surface area (Å²) in [5.41, 5.74) is 0.515. The Kier molecular flexibility index (Phi) is 5.18. The van der Waals surface area contributed by atoms with E-state index < -0.39 is 49.5 Å². The van der Waals surface area contributed by atoms with Crippen molar-refractivity contribution in [2.24, 2.45) is 0 Å². The molecule has 1 aliphatic rings. The van der Waals surface area contributed by atoms with E-state index in [1.54, 1.807) is 6.07 Å². The Balaban J connectivity index is 2.12. The fourth-order valence-electron chi connectivity index (χ4n) is 4.17. The van der Waals surface area contributed by atoms with Gasteiger partial charge in [0.15, 0.2) is 0 Å². The topological polar surface area (TPSA) is 171 Å². The number of rotatable bonds is 3. The predicted molar refractivity (Wildman–Crippen MR) is 105 cm³/mol. The van der Waals surface area contributed by atoms with Gasteiger partial charge in [0.05, 0.1) is 24.0 Å². The van der Waals surface area contributed by atoms with Gasteiger partial charge in [0, 0.05) is 0 Å². The van der Waals surface area contributed by atoms with Crippen LogP contribution in [0.4, 0.5) is 0 Å². The summed E-state index contributed by atoms with van der Waals surface area (Å²) in [6.07, 6.45) is -7.31. The fraction of sp³-hybridized carbons (Fsp3) is 0.333. The van der Waals surface area contributed by atoms with Crippen molar-refractivity contribution in [1.82, 2.24) is 0 Å². The minimum atomic E-state index is -1.65. The van der Waals surface area contributed by atoms with E-state index in [0.717, 1.165) is 0 Å². The molecule has 1 fully saturated rings. The molecule has 8 N–H and O–H groups in total. The number of hydrogen-bond donors (Lipinski definition) is 8. The molecule has 1 heterocycles. The van der Waals surface area contributed by atoms with Crippen LogP contribution >= 0.6 is 0 Å². The van der Waals surface area contributed by atoms with Gasteiger partial charge in [-0.3, -0.25) is 0 Å². The number of ether oxygens (including phenoxy) is 1. The number of hydrogen-bond acceptors (Lipinski definition) is 9. The monoisotopic (exact) mass is 418 g/mol. The van der Waals surface area contributed by atoms with E-state index >= 15 is 0 Å². The Labute approximate surface area is 170 Å². The van der Waals surface area contributed by atoms with Gasteiger partial charge in [-0.1, -0.05) is 12.1 Å². The first-order valence-electron chi connectivity index (χ1n) is 9.33. The summed E-state index contributed by atoms with van der Waals surface area (Å²) in [6, 6.07) is 7.13. The van der Waals surface area contributed by atoms with Gasteiger partial charge in [-0.25, -0.2) is 0 Å². The highest BCUT2D eigenvalue weighted by Gasteiger charge is 2.45. The summed E-state index contributed by atoms with van der Waals surface area (Å²) in [5, 5.41) is 82.2. The summed E-state index contributed by atoms with van der Waals surface area (Å²) in [7, 11) is 0. The lowest BCUT2D eigenvalue weighted by molar-refractivity contribution is -0.231. The molecule has 0 radical (unpaired) electrons.